The second kappa shape index (κ2) is 7.96. The smallest absolute Gasteiger partial charge is 0.250 e. The Kier molecular flexibility index (Phi) is 5.46. The lowest BCUT2D eigenvalue weighted by atomic mass is 10.0. The van der Waals surface area contributed by atoms with Gasteiger partial charge in [0.15, 0.2) is 0 Å². The van der Waals surface area contributed by atoms with E-state index in [0.29, 0.717) is 23.0 Å². The molecule has 7 nitrogen and oxygen atoms in total. The molecule has 8 heteroatoms. The number of fused-ring (bicyclic) bond motifs is 1. The van der Waals surface area contributed by atoms with Gasteiger partial charge in [-0.3, -0.25) is 9.98 Å². The van der Waals surface area contributed by atoms with E-state index in [1.807, 2.05) is 43.3 Å². The maximum absolute atomic E-state index is 11.5. The predicted octanol–water partition coefficient (Wildman–Crippen LogP) is 3.87. The van der Waals surface area contributed by atoms with Crippen LogP contribution in [0.1, 0.15) is 11.8 Å². The summed E-state index contributed by atoms with van der Waals surface area (Å²) in [4.78, 5) is 21.1. The average Bonchev–Trinajstić information content (AvgIpc) is 3.05. The van der Waals surface area contributed by atoms with Crippen molar-refractivity contribution in [1.29, 1.82) is 0 Å². The number of thiophene rings is 1. The van der Waals surface area contributed by atoms with E-state index in [1.54, 1.807) is 18.4 Å². The third kappa shape index (κ3) is 3.80. The Bertz CT molecular complexity index is 1020. The normalized spacial score (nSPS) is 11.4. The van der Waals surface area contributed by atoms with Crippen LogP contribution in [0.15, 0.2) is 52.4 Å². The standard InChI is InChI=1S/C19H21N6OS/c1-4-23-25(26)24-14-8-5-12(6-9-14)13-7-10-15-16(11-13)27-18(17(15)21-2)19(20)22-3/h5-11H,2,4H2,1,3H3,(H2,20,22)(H2,23,24,26)/q+1. The Morgan fingerprint density at radius 2 is 1.93 bits per heavy atom. The zero-order valence-electron chi connectivity index (χ0n) is 15.2. The summed E-state index contributed by atoms with van der Waals surface area (Å²) in [5, 5.41) is 1.01. The highest BCUT2D eigenvalue weighted by Crippen LogP contribution is 2.39. The minimum atomic E-state index is 0.457. The molecule has 3 aromatic rings. The van der Waals surface area contributed by atoms with Gasteiger partial charge in [0, 0.05) is 17.1 Å². The lowest BCUT2D eigenvalue weighted by molar-refractivity contribution is -0.578. The molecule has 27 heavy (non-hydrogen) atoms. The Hall–Kier alpha value is -3.26. The van der Waals surface area contributed by atoms with Crippen LogP contribution in [-0.2, 0) is 0 Å². The zero-order chi connectivity index (χ0) is 19.4. The van der Waals surface area contributed by atoms with Gasteiger partial charge in [-0.1, -0.05) is 29.7 Å². The molecule has 2 aromatic carbocycles. The third-order valence-electron chi connectivity index (χ3n) is 4.05. The third-order valence-corrected chi connectivity index (χ3v) is 5.21. The van der Waals surface area contributed by atoms with Crippen LogP contribution < -0.4 is 16.6 Å². The molecule has 138 valence electrons. The van der Waals surface area contributed by atoms with Crippen molar-refractivity contribution in [2.75, 3.05) is 19.0 Å². The number of hydrogen-bond donors (Lipinski definition) is 3. The Morgan fingerprint density at radius 3 is 2.56 bits per heavy atom. The van der Waals surface area contributed by atoms with E-state index in [9.17, 15) is 4.91 Å². The summed E-state index contributed by atoms with van der Waals surface area (Å²) in [6.07, 6.45) is 0. The second-order valence-electron chi connectivity index (χ2n) is 5.75. The molecule has 3 rings (SSSR count). The molecule has 0 fully saturated rings. The highest BCUT2D eigenvalue weighted by molar-refractivity contribution is 7.21. The van der Waals surface area contributed by atoms with Gasteiger partial charge in [0.2, 0.25) is 0 Å². The number of hydrogen-bond acceptors (Lipinski definition) is 4. The van der Waals surface area contributed by atoms with E-state index in [4.69, 9.17) is 5.73 Å². The molecule has 0 amide bonds. The number of nitrogens with one attached hydrogen (secondary N) is 2. The molecule has 1 aromatic heterocycles. The number of rotatable bonds is 7. The highest BCUT2D eigenvalue weighted by Gasteiger charge is 2.14. The number of nitroso groups, excluding NO2 is 1. The van der Waals surface area contributed by atoms with Crippen LogP contribution in [0.5, 0.6) is 0 Å². The number of nitrogens with two attached hydrogens (primary N) is 1. The SMILES string of the molecule is C=Nc1c(C(N)=NC)sc2cc(-c3ccc(N[N+](=O)NCC)cc3)ccc12. The van der Waals surface area contributed by atoms with Crippen LogP contribution in [-0.4, -0.2) is 31.1 Å². The molecular formula is C19H21N6OS+. The molecule has 0 aliphatic heterocycles. The fraction of sp³-hybridized carbons (Fsp3) is 0.158. The van der Waals surface area contributed by atoms with Gasteiger partial charge in [-0.15, -0.1) is 16.8 Å². The maximum Gasteiger partial charge on any atom is 0.250 e. The van der Waals surface area contributed by atoms with Gasteiger partial charge in [0.25, 0.3) is 4.98 Å². The van der Waals surface area contributed by atoms with E-state index < -0.39 is 0 Å². The quantitative estimate of drug-likeness (QED) is 0.251. The summed E-state index contributed by atoms with van der Waals surface area (Å²) in [7, 11) is 1.66. The van der Waals surface area contributed by atoms with E-state index in [1.165, 1.54) is 0 Å². The topological polar surface area (TPSA) is 94.9 Å². The van der Waals surface area contributed by atoms with Crippen molar-refractivity contribution >= 4 is 45.4 Å². The van der Waals surface area contributed by atoms with Crippen LogP contribution in [0, 0.1) is 4.91 Å². The summed E-state index contributed by atoms with van der Waals surface area (Å²) in [5.74, 6) is 0.457. The van der Waals surface area contributed by atoms with E-state index in [0.717, 1.165) is 31.8 Å². The number of nitrogens with zero attached hydrogens (tertiary/aromatic N) is 3. The minimum absolute atomic E-state index is 0.457. The van der Waals surface area contributed by atoms with Gasteiger partial charge in [-0.05, 0) is 43.0 Å². The van der Waals surface area contributed by atoms with Crippen molar-refractivity contribution in [3.05, 3.63) is 52.2 Å². The molecule has 0 radical (unpaired) electrons. The molecule has 4 N–H and O–H groups in total. The summed E-state index contributed by atoms with van der Waals surface area (Å²) in [5.41, 5.74) is 14.9. The molecule has 0 aliphatic rings. The first-order chi connectivity index (χ1) is 13.1. The van der Waals surface area contributed by atoms with E-state index >= 15 is 0 Å². The lowest BCUT2D eigenvalue weighted by Gasteiger charge is -2.04. The fourth-order valence-corrected chi connectivity index (χ4v) is 3.88. The summed E-state index contributed by atoms with van der Waals surface area (Å²) < 4.78 is 1.07. The Labute approximate surface area is 161 Å². The highest BCUT2D eigenvalue weighted by atomic mass is 32.1. The molecule has 0 atom stereocenters. The molecule has 1 heterocycles. The fourth-order valence-electron chi connectivity index (χ4n) is 2.73. The van der Waals surface area contributed by atoms with Gasteiger partial charge in [-0.2, -0.15) is 0 Å². The molecule has 0 spiro atoms. The summed E-state index contributed by atoms with van der Waals surface area (Å²) >= 11 is 1.55. The average molecular weight is 381 g/mol. The molecule has 0 aliphatic carbocycles. The van der Waals surface area contributed by atoms with Crippen LogP contribution in [0.25, 0.3) is 21.2 Å². The molecule has 0 saturated carbocycles. The molecular weight excluding hydrogens is 360 g/mol. The number of anilines is 1. The van der Waals surface area contributed by atoms with Crippen molar-refractivity contribution in [1.82, 2.24) is 5.43 Å². The van der Waals surface area contributed by atoms with E-state index in [2.05, 4.69) is 33.6 Å². The van der Waals surface area contributed by atoms with Crippen LogP contribution in [0.3, 0.4) is 0 Å². The van der Waals surface area contributed by atoms with Gasteiger partial charge in [0.05, 0.1) is 22.0 Å². The zero-order valence-corrected chi connectivity index (χ0v) is 16.0. The van der Waals surface area contributed by atoms with Crippen molar-refractivity contribution < 1.29 is 4.98 Å². The van der Waals surface area contributed by atoms with Crippen molar-refractivity contribution in [3.8, 4) is 11.1 Å². The monoisotopic (exact) mass is 381 g/mol. The van der Waals surface area contributed by atoms with Gasteiger partial charge in [0.1, 0.15) is 11.5 Å². The summed E-state index contributed by atoms with van der Waals surface area (Å²) in [6, 6.07) is 13.8. The second-order valence-corrected chi connectivity index (χ2v) is 6.81. The Balaban J connectivity index is 1.93. The minimum Gasteiger partial charge on any atom is -0.383 e. The van der Waals surface area contributed by atoms with E-state index in [-0.39, 0.29) is 0 Å². The first-order valence-electron chi connectivity index (χ1n) is 8.41. The largest absolute Gasteiger partial charge is 0.383 e. The predicted molar refractivity (Wildman–Crippen MR) is 114 cm³/mol. The van der Waals surface area contributed by atoms with Crippen molar-refractivity contribution in [3.63, 3.8) is 0 Å². The Morgan fingerprint density at radius 1 is 1.22 bits per heavy atom. The van der Waals surface area contributed by atoms with Gasteiger partial charge < -0.3 is 5.73 Å². The number of benzene rings is 2. The number of hydrazine groups is 2. The van der Waals surface area contributed by atoms with Crippen molar-refractivity contribution in [2.45, 2.75) is 6.92 Å². The number of amidine groups is 1. The molecule has 0 bridgehead atoms. The number of aliphatic imine (C=N–C) groups is 2. The van der Waals surface area contributed by atoms with Crippen LogP contribution >= 0.6 is 11.3 Å². The van der Waals surface area contributed by atoms with Crippen LogP contribution in [0.4, 0.5) is 11.4 Å². The summed E-state index contributed by atoms with van der Waals surface area (Å²) in [6.45, 7) is 6.07. The first kappa shape index (κ1) is 18.5. The molecule has 0 saturated heterocycles. The van der Waals surface area contributed by atoms with Crippen molar-refractivity contribution in [2.24, 2.45) is 15.7 Å². The van der Waals surface area contributed by atoms with Crippen LogP contribution in [0.2, 0.25) is 0 Å². The lowest BCUT2D eigenvalue weighted by Crippen LogP contribution is -2.30. The van der Waals surface area contributed by atoms with Gasteiger partial charge in [-0.25, -0.2) is 0 Å². The first-order valence-corrected chi connectivity index (χ1v) is 9.22. The maximum atomic E-state index is 11.5. The van der Waals surface area contributed by atoms with Gasteiger partial charge >= 0.3 is 0 Å². The molecule has 0 unspecified atom stereocenters.